The van der Waals surface area contributed by atoms with Crippen molar-refractivity contribution < 1.29 is 5.11 Å². The average Bonchev–Trinajstić information content (AvgIpc) is 2.71. The highest BCUT2D eigenvalue weighted by molar-refractivity contribution is 5.78. The summed E-state index contributed by atoms with van der Waals surface area (Å²) in [7, 11) is 0. The molecule has 0 saturated carbocycles. The fourth-order valence-electron chi connectivity index (χ4n) is 2.87. The topological polar surface area (TPSA) is 20.2 Å². The van der Waals surface area contributed by atoms with Crippen molar-refractivity contribution in [1.82, 2.24) is 0 Å². The van der Waals surface area contributed by atoms with Crippen LogP contribution in [0, 0.1) is 0 Å². The monoisotopic (exact) mass is 224 g/mol. The Morgan fingerprint density at radius 2 is 1.35 bits per heavy atom. The lowest BCUT2D eigenvalue weighted by Gasteiger charge is -2.12. The lowest BCUT2D eigenvalue weighted by Crippen LogP contribution is -1.98. The van der Waals surface area contributed by atoms with Crippen molar-refractivity contribution in [3.63, 3.8) is 0 Å². The first kappa shape index (κ1) is 10.5. The Bertz CT molecular complexity index is 485. The van der Waals surface area contributed by atoms with E-state index < -0.39 is 0 Å². The molecular weight excluding hydrogens is 208 g/mol. The van der Waals surface area contributed by atoms with Crippen LogP contribution in [0.2, 0.25) is 0 Å². The zero-order valence-corrected chi connectivity index (χ0v) is 9.76. The van der Waals surface area contributed by atoms with E-state index in [0.29, 0.717) is 5.92 Å². The Labute approximate surface area is 102 Å². The standard InChI is InChI=1S/C16H16O/c17-11-5-10-16-14-8-3-1-6-12(14)13-7-2-4-9-15(13)16/h1-4,6-9,16-17H,5,10-11H2. The summed E-state index contributed by atoms with van der Waals surface area (Å²) < 4.78 is 0. The number of rotatable bonds is 3. The van der Waals surface area contributed by atoms with Crippen LogP contribution in [0.5, 0.6) is 0 Å². The molecule has 0 fully saturated rings. The van der Waals surface area contributed by atoms with E-state index in [-0.39, 0.29) is 6.61 Å². The van der Waals surface area contributed by atoms with E-state index in [0.717, 1.165) is 12.8 Å². The van der Waals surface area contributed by atoms with E-state index in [1.165, 1.54) is 22.3 Å². The first-order valence-electron chi connectivity index (χ1n) is 6.21. The summed E-state index contributed by atoms with van der Waals surface area (Å²) in [6.45, 7) is 0.279. The normalized spacial score (nSPS) is 13.5. The van der Waals surface area contributed by atoms with Crippen LogP contribution in [0.4, 0.5) is 0 Å². The average molecular weight is 224 g/mol. The number of hydrogen-bond acceptors (Lipinski definition) is 1. The van der Waals surface area contributed by atoms with Crippen LogP contribution in [0.15, 0.2) is 48.5 Å². The van der Waals surface area contributed by atoms with Gasteiger partial charge in [-0.1, -0.05) is 48.5 Å². The Morgan fingerprint density at radius 1 is 0.824 bits per heavy atom. The van der Waals surface area contributed by atoms with Crippen LogP contribution in [0.3, 0.4) is 0 Å². The Kier molecular flexibility index (Phi) is 2.69. The summed E-state index contributed by atoms with van der Waals surface area (Å²) >= 11 is 0. The lowest BCUT2D eigenvalue weighted by atomic mass is 9.92. The van der Waals surface area contributed by atoms with Gasteiger partial charge in [-0.05, 0) is 35.1 Å². The molecule has 0 aliphatic heterocycles. The maximum absolute atomic E-state index is 9.02. The summed E-state index contributed by atoms with van der Waals surface area (Å²) in [5, 5.41) is 9.02. The first-order chi connectivity index (χ1) is 8.42. The Morgan fingerprint density at radius 3 is 1.88 bits per heavy atom. The van der Waals surface area contributed by atoms with Crippen molar-refractivity contribution in [2.24, 2.45) is 0 Å². The molecule has 1 N–H and O–H groups in total. The van der Waals surface area contributed by atoms with Crippen LogP contribution < -0.4 is 0 Å². The molecule has 0 saturated heterocycles. The second-order valence-electron chi connectivity index (χ2n) is 4.59. The second kappa shape index (κ2) is 4.34. The number of hydrogen-bond donors (Lipinski definition) is 1. The molecule has 2 aromatic rings. The molecule has 0 unspecified atom stereocenters. The fraction of sp³-hybridized carbons (Fsp3) is 0.250. The van der Waals surface area contributed by atoms with Crippen molar-refractivity contribution in [2.45, 2.75) is 18.8 Å². The van der Waals surface area contributed by atoms with Crippen molar-refractivity contribution in [2.75, 3.05) is 6.61 Å². The zero-order valence-electron chi connectivity index (χ0n) is 9.76. The van der Waals surface area contributed by atoms with Crippen LogP contribution in [0.25, 0.3) is 11.1 Å². The number of aliphatic hydroxyl groups is 1. The molecule has 2 aromatic carbocycles. The number of fused-ring (bicyclic) bond motifs is 3. The SMILES string of the molecule is OCCCC1c2ccccc2-c2ccccc21. The minimum atomic E-state index is 0.279. The Hall–Kier alpha value is -1.60. The van der Waals surface area contributed by atoms with E-state index in [1.54, 1.807) is 0 Å². The molecule has 86 valence electrons. The van der Waals surface area contributed by atoms with E-state index >= 15 is 0 Å². The van der Waals surface area contributed by atoms with Crippen LogP contribution in [0.1, 0.15) is 29.9 Å². The molecule has 1 heteroatoms. The third-order valence-electron chi connectivity index (χ3n) is 3.61. The van der Waals surface area contributed by atoms with E-state index in [9.17, 15) is 0 Å². The Balaban J connectivity index is 2.10. The summed E-state index contributed by atoms with van der Waals surface area (Å²) in [6.07, 6.45) is 1.90. The van der Waals surface area contributed by atoms with Gasteiger partial charge in [-0.2, -0.15) is 0 Å². The van der Waals surface area contributed by atoms with Gasteiger partial charge in [0.2, 0.25) is 0 Å². The molecule has 0 radical (unpaired) electrons. The van der Waals surface area contributed by atoms with Crippen LogP contribution >= 0.6 is 0 Å². The molecule has 17 heavy (non-hydrogen) atoms. The van der Waals surface area contributed by atoms with E-state index in [2.05, 4.69) is 48.5 Å². The summed E-state index contributed by atoms with van der Waals surface area (Å²) in [4.78, 5) is 0. The molecule has 0 bridgehead atoms. The van der Waals surface area contributed by atoms with Gasteiger partial charge in [-0.15, -0.1) is 0 Å². The second-order valence-corrected chi connectivity index (χ2v) is 4.59. The molecule has 1 aliphatic rings. The molecular formula is C16H16O. The van der Waals surface area contributed by atoms with Gasteiger partial charge < -0.3 is 5.11 Å². The van der Waals surface area contributed by atoms with Crippen molar-refractivity contribution in [1.29, 1.82) is 0 Å². The van der Waals surface area contributed by atoms with Gasteiger partial charge in [0.1, 0.15) is 0 Å². The van der Waals surface area contributed by atoms with Gasteiger partial charge >= 0.3 is 0 Å². The van der Waals surface area contributed by atoms with Gasteiger partial charge in [0.05, 0.1) is 0 Å². The highest BCUT2D eigenvalue weighted by atomic mass is 16.2. The van der Waals surface area contributed by atoms with Gasteiger partial charge in [0.25, 0.3) is 0 Å². The van der Waals surface area contributed by atoms with Crippen molar-refractivity contribution in [3.05, 3.63) is 59.7 Å². The molecule has 3 rings (SSSR count). The maximum atomic E-state index is 9.02. The number of aliphatic hydroxyl groups excluding tert-OH is 1. The molecule has 0 spiro atoms. The van der Waals surface area contributed by atoms with Gasteiger partial charge in [0, 0.05) is 12.5 Å². The quantitative estimate of drug-likeness (QED) is 0.845. The minimum absolute atomic E-state index is 0.279. The summed E-state index contributed by atoms with van der Waals surface area (Å²) in [6, 6.07) is 17.3. The highest BCUT2D eigenvalue weighted by Crippen LogP contribution is 2.46. The minimum Gasteiger partial charge on any atom is -0.396 e. The van der Waals surface area contributed by atoms with Crippen molar-refractivity contribution in [3.8, 4) is 11.1 Å². The molecule has 0 amide bonds. The third-order valence-corrected chi connectivity index (χ3v) is 3.61. The predicted molar refractivity (Wildman–Crippen MR) is 70.0 cm³/mol. The van der Waals surface area contributed by atoms with E-state index in [4.69, 9.17) is 5.11 Å². The first-order valence-corrected chi connectivity index (χ1v) is 6.21. The number of benzene rings is 2. The summed E-state index contributed by atoms with van der Waals surface area (Å²) in [5.41, 5.74) is 5.57. The largest absolute Gasteiger partial charge is 0.396 e. The lowest BCUT2D eigenvalue weighted by molar-refractivity contribution is 0.282. The van der Waals surface area contributed by atoms with Gasteiger partial charge in [-0.3, -0.25) is 0 Å². The van der Waals surface area contributed by atoms with Crippen LogP contribution in [-0.2, 0) is 0 Å². The highest BCUT2D eigenvalue weighted by Gasteiger charge is 2.26. The summed E-state index contributed by atoms with van der Waals surface area (Å²) in [5.74, 6) is 0.467. The molecule has 1 nitrogen and oxygen atoms in total. The van der Waals surface area contributed by atoms with Gasteiger partial charge in [-0.25, -0.2) is 0 Å². The smallest absolute Gasteiger partial charge is 0.0431 e. The van der Waals surface area contributed by atoms with Crippen molar-refractivity contribution >= 4 is 0 Å². The molecule has 0 atom stereocenters. The fourth-order valence-corrected chi connectivity index (χ4v) is 2.87. The molecule has 0 aromatic heterocycles. The molecule has 1 aliphatic carbocycles. The predicted octanol–water partition coefficient (Wildman–Crippen LogP) is 3.57. The maximum Gasteiger partial charge on any atom is 0.0431 e. The third kappa shape index (κ3) is 1.67. The molecule has 0 heterocycles. The van der Waals surface area contributed by atoms with Crippen LogP contribution in [-0.4, -0.2) is 11.7 Å². The zero-order chi connectivity index (χ0) is 11.7. The van der Waals surface area contributed by atoms with E-state index in [1.807, 2.05) is 0 Å². The van der Waals surface area contributed by atoms with Gasteiger partial charge in [0.15, 0.2) is 0 Å².